The molecule has 3 nitrogen and oxygen atoms in total. The number of carbonyl (C=O) groups excluding carboxylic acids is 1. The van der Waals surface area contributed by atoms with E-state index in [0.29, 0.717) is 12.2 Å². The van der Waals surface area contributed by atoms with Crippen LogP contribution in [0.2, 0.25) is 0 Å². The van der Waals surface area contributed by atoms with Gasteiger partial charge in [0.05, 0.1) is 0 Å². The van der Waals surface area contributed by atoms with E-state index in [2.05, 4.69) is 0 Å². The third-order valence-corrected chi connectivity index (χ3v) is 1.83. The zero-order chi connectivity index (χ0) is 9.26. The molecule has 13 heavy (non-hydrogen) atoms. The molecule has 0 saturated carbocycles. The minimum absolute atomic E-state index is 0.0641. The van der Waals surface area contributed by atoms with Crippen molar-refractivity contribution in [1.29, 1.82) is 0 Å². The standard InChI is InChI=1S/C10H10O3/c1-7(11)8-2-4-9(5-3-8)13-10-6-12-10/h2-5,10H,6H2,1H3. The summed E-state index contributed by atoms with van der Waals surface area (Å²) in [6.45, 7) is 2.20. The minimum Gasteiger partial charge on any atom is -0.462 e. The number of rotatable bonds is 3. The predicted molar refractivity (Wildman–Crippen MR) is 46.8 cm³/mol. The highest BCUT2D eigenvalue weighted by atomic mass is 16.8. The zero-order valence-corrected chi connectivity index (χ0v) is 7.32. The van der Waals surface area contributed by atoms with Crippen LogP contribution in [0.4, 0.5) is 0 Å². The first-order valence-corrected chi connectivity index (χ1v) is 4.15. The highest BCUT2D eigenvalue weighted by Crippen LogP contribution is 2.19. The summed E-state index contributed by atoms with van der Waals surface area (Å²) in [5.74, 6) is 0.807. The van der Waals surface area contributed by atoms with E-state index in [1.165, 1.54) is 0 Å². The molecule has 0 N–H and O–H groups in total. The van der Waals surface area contributed by atoms with Crippen molar-refractivity contribution in [2.24, 2.45) is 0 Å². The van der Waals surface area contributed by atoms with Gasteiger partial charge in [0.1, 0.15) is 12.4 Å². The lowest BCUT2D eigenvalue weighted by atomic mass is 10.1. The fourth-order valence-corrected chi connectivity index (χ4v) is 1.03. The van der Waals surface area contributed by atoms with Gasteiger partial charge in [0.25, 0.3) is 0 Å². The molecule has 68 valence electrons. The van der Waals surface area contributed by atoms with E-state index >= 15 is 0 Å². The summed E-state index contributed by atoms with van der Waals surface area (Å²) in [4.78, 5) is 10.9. The second-order valence-electron chi connectivity index (χ2n) is 2.96. The van der Waals surface area contributed by atoms with Gasteiger partial charge in [-0.05, 0) is 31.2 Å². The average molecular weight is 178 g/mol. The lowest BCUT2D eigenvalue weighted by Gasteiger charge is -2.01. The molecule has 1 saturated heterocycles. The molecule has 1 aliphatic rings. The van der Waals surface area contributed by atoms with Crippen molar-refractivity contribution in [1.82, 2.24) is 0 Å². The Hall–Kier alpha value is -1.35. The SMILES string of the molecule is CC(=O)c1ccc(OC2CO2)cc1. The number of ether oxygens (including phenoxy) is 2. The first kappa shape index (κ1) is 8.26. The molecule has 1 aromatic carbocycles. The van der Waals surface area contributed by atoms with Crippen molar-refractivity contribution in [3.8, 4) is 5.75 Å². The minimum atomic E-state index is -0.0804. The molecule has 0 radical (unpaired) electrons. The Morgan fingerprint density at radius 3 is 2.54 bits per heavy atom. The summed E-state index contributed by atoms with van der Waals surface area (Å²) in [5.41, 5.74) is 0.698. The van der Waals surface area contributed by atoms with Crippen LogP contribution in [0.15, 0.2) is 24.3 Å². The molecule has 1 unspecified atom stereocenters. The summed E-state index contributed by atoms with van der Waals surface area (Å²) < 4.78 is 10.2. The van der Waals surface area contributed by atoms with Gasteiger partial charge in [-0.3, -0.25) is 4.79 Å². The van der Waals surface area contributed by atoms with Gasteiger partial charge in [0, 0.05) is 5.56 Å². The Balaban J connectivity index is 2.08. The van der Waals surface area contributed by atoms with Crippen molar-refractivity contribution in [3.05, 3.63) is 29.8 Å². The third-order valence-electron chi connectivity index (χ3n) is 1.83. The Morgan fingerprint density at radius 2 is 2.08 bits per heavy atom. The number of Topliss-reactive ketones (excluding diaryl/α,β-unsaturated/α-hetero) is 1. The van der Waals surface area contributed by atoms with Crippen LogP contribution in [-0.2, 0) is 4.74 Å². The summed E-state index contributed by atoms with van der Waals surface area (Å²) in [6.07, 6.45) is -0.0804. The highest BCUT2D eigenvalue weighted by molar-refractivity contribution is 5.94. The Kier molecular flexibility index (Phi) is 2.02. The summed E-state index contributed by atoms with van der Waals surface area (Å²) in [7, 11) is 0. The quantitative estimate of drug-likeness (QED) is 0.521. The van der Waals surface area contributed by atoms with Crippen molar-refractivity contribution in [3.63, 3.8) is 0 Å². The van der Waals surface area contributed by atoms with Crippen LogP contribution in [-0.4, -0.2) is 18.7 Å². The lowest BCUT2D eigenvalue weighted by molar-refractivity contribution is 0.101. The normalized spacial score (nSPS) is 19.6. The Morgan fingerprint density at radius 1 is 1.46 bits per heavy atom. The van der Waals surface area contributed by atoms with Gasteiger partial charge in [-0.2, -0.15) is 0 Å². The van der Waals surface area contributed by atoms with E-state index in [4.69, 9.17) is 9.47 Å². The molecule has 0 bridgehead atoms. The van der Waals surface area contributed by atoms with Crippen molar-refractivity contribution in [2.75, 3.05) is 6.61 Å². The van der Waals surface area contributed by atoms with E-state index in [1.807, 2.05) is 0 Å². The number of benzene rings is 1. The molecular weight excluding hydrogens is 168 g/mol. The number of hydrogen-bond donors (Lipinski definition) is 0. The molecule has 0 spiro atoms. The maximum Gasteiger partial charge on any atom is 0.223 e. The van der Waals surface area contributed by atoms with Gasteiger partial charge in [-0.1, -0.05) is 0 Å². The zero-order valence-electron chi connectivity index (χ0n) is 7.32. The van der Waals surface area contributed by atoms with Crippen LogP contribution in [0.25, 0.3) is 0 Å². The van der Waals surface area contributed by atoms with Crippen molar-refractivity contribution >= 4 is 5.78 Å². The highest BCUT2D eigenvalue weighted by Gasteiger charge is 2.24. The molecule has 1 atom stereocenters. The van der Waals surface area contributed by atoms with E-state index in [0.717, 1.165) is 5.75 Å². The molecule has 0 aromatic heterocycles. The Labute approximate surface area is 76.3 Å². The average Bonchev–Trinajstić information content (AvgIpc) is 2.89. The van der Waals surface area contributed by atoms with E-state index in [1.54, 1.807) is 31.2 Å². The summed E-state index contributed by atoms with van der Waals surface area (Å²) in [6, 6.07) is 7.05. The topological polar surface area (TPSA) is 38.8 Å². The molecule has 1 heterocycles. The molecule has 0 aliphatic carbocycles. The van der Waals surface area contributed by atoms with Crippen LogP contribution >= 0.6 is 0 Å². The van der Waals surface area contributed by atoms with Crippen LogP contribution in [0, 0.1) is 0 Å². The second kappa shape index (κ2) is 3.18. The maximum absolute atomic E-state index is 10.9. The number of ketones is 1. The first-order valence-electron chi connectivity index (χ1n) is 4.15. The molecular formula is C10H10O3. The van der Waals surface area contributed by atoms with E-state index in [9.17, 15) is 4.79 Å². The van der Waals surface area contributed by atoms with Gasteiger partial charge in [-0.15, -0.1) is 0 Å². The predicted octanol–water partition coefficient (Wildman–Crippen LogP) is 1.62. The second-order valence-corrected chi connectivity index (χ2v) is 2.96. The maximum atomic E-state index is 10.9. The largest absolute Gasteiger partial charge is 0.462 e. The lowest BCUT2D eigenvalue weighted by Crippen LogP contribution is -1.98. The summed E-state index contributed by atoms with van der Waals surface area (Å²) in [5, 5.41) is 0. The van der Waals surface area contributed by atoms with Gasteiger partial charge in [0.15, 0.2) is 5.78 Å². The van der Waals surface area contributed by atoms with Gasteiger partial charge in [-0.25, -0.2) is 0 Å². The van der Waals surface area contributed by atoms with Gasteiger partial charge in [0.2, 0.25) is 6.29 Å². The number of carbonyl (C=O) groups is 1. The third kappa shape index (κ3) is 2.06. The molecule has 1 fully saturated rings. The summed E-state index contributed by atoms with van der Waals surface area (Å²) >= 11 is 0. The molecule has 0 amide bonds. The van der Waals surface area contributed by atoms with Crippen molar-refractivity contribution in [2.45, 2.75) is 13.2 Å². The van der Waals surface area contributed by atoms with Crippen LogP contribution in [0.5, 0.6) is 5.75 Å². The fraction of sp³-hybridized carbons (Fsp3) is 0.300. The van der Waals surface area contributed by atoms with Crippen LogP contribution in [0.3, 0.4) is 0 Å². The fourth-order valence-electron chi connectivity index (χ4n) is 1.03. The molecule has 1 aromatic rings. The van der Waals surface area contributed by atoms with Crippen molar-refractivity contribution < 1.29 is 14.3 Å². The van der Waals surface area contributed by atoms with E-state index in [-0.39, 0.29) is 12.1 Å². The van der Waals surface area contributed by atoms with Crippen LogP contribution in [0.1, 0.15) is 17.3 Å². The number of epoxide rings is 1. The molecule has 3 heteroatoms. The van der Waals surface area contributed by atoms with Gasteiger partial charge < -0.3 is 9.47 Å². The van der Waals surface area contributed by atoms with E-state index < -0.39 is 0 Å². The first-order chi connectivity index (χ1) is 6.25. The van der Waals surface area contributed by atoms with Crippen LogP contribution < -0.4 is 4.74 Å². The molecule has 2 rings (SSSR count). The Bertz CT molecular complexity index is 311. The molecule has 1 aliphatic heterocycles. The number of hydrogen-bond acceptors (Lipinski definition) is 3. The monoisotopic (exact) mass is 178 g/mol. The van der Waals surface area contributed by atoms with Gasteiger partial charge >= 0.3 is 0 Å². The smallest absolute Gasteiger partial charge is 0.223 e.